The van der Waals surface area contributed by atoms with Crippen molar-refractivity contribution in [2.75, 3.05) is 0 Å². The van der Waals surface area contributed by atoms with Gasteiger partial charge in [-0.05, 0) is 4.57 Å². The van der Waals surface area contributed by atoms with Crippen LogP contribution in [0.15, 0.2) is 17.4 Å². The molecule has 0 aliphatic carbocycles. The molecule has 8 heteroatoms. The Kier molecular flexibility index (Phi) is 20.6. The number of aliphatic imine (C=N–C) groups is 1. The summed E-state index contributed by atoms with van der Waals surface area (Å²) in [6.45, 7) is 0. The molecule has 0 bridgehead atoms. The number of hydrogen-bond acceptors (Lipinski definition) is 4. The summed E-state index contributed by atoms with van der Waals surface area (Å²) in [6.07, 6.45) is 5.39. The van der Waals surface area contributed by atoms with Crippen LogP contribution in [0.4, 0.5) is 0 Å². The minimum Gasteiger partial charge on any atom is -0.870 e. The van der Waals surface area contributed by atoms with E-state index in [1.807, 2.05) is 11.5 Å². The molecule has 0 aromatic rings. The van der Waals surface area contributed by atoms with Gasteiger partial charge in [0.2, 0.25) is 0 Å². The first-order valence-corrected chi connectivity index (χ1v) is 3.21. The SMILES string of the molecule is C1=C[NH2+]C=N1.O=[P+]([O-])O.[Na+].[OH-]. The van der Waals surface area contributed by atoms with Crippen LogP contribution in [0.1, 0.15) is 0 Å². The van der Waals surface area contributed by atoms with Crippen LogP contribution in [-0.4, -0.2) is 16.7 Å². The Morgan fingerprint density at radius 3 is 2.18 bits per heavy atom. The molecule has 0 amide bonds. The Morgan fingerprint density at radius 1 is 1.64 bits per heavy atom. The van der Waals surface area contributed by atoms with Gasteiger partial charge in [0.25, 0.3) is 0 Å². The van der Waals surface area contributed by atoms with E-state index in [4.69, 9.17) is 14.4 Å². The third-order valence-corrected chi connectivity index (χ3v) is 0.455. The van der Waals surface area contributed by atoms with Gasteiger partial charge in [0, 0.05) is 0 Å². The van der Waals surface area contributed by atoms with Gasteiger partial charge in [-0.1, -0.05) is 0 Å². The molecule has 1 aliphatic rings. The van der Waals surface area contributed by atoms with E-state index in [9.17, 15) is 0 Å². The summed E-state index contributed by atoms with van der Waals surface area (Å²) in [6, 6.07) is 0. The Balaban J connectivity index is -0.000000101. The largest absolute Gasteiger partial charge is 1.00 e. The summed E-state index contributed by atoms with van der Waals surface area (Å²) in [7, 11) is -3.12. The minimum atomic E-state index is -3.12. The second-order valence-electron chi connectivity index (χ2n) is 1.07. The van der Waals surface area contributed by atoms with E-state index in [2.05, 4.69) is 4.99 Å². The fourth-order valence-corrected chi connectivity index (χ4v) is 0.248. The van der Waals surface area contributed by atoms with Crippen molar-refractivity contribution in [1.82, 2.24) is 0 Å². The molecule has 1 unspecified atom stereocenters. The van der Waals surface area contributed by atoms with Gasteiger partial charge in [0.1, 0.15) is 6.20 Å². The third-order valence-electron chi connectivity index (χ3n) is 0.455. The average molecular weight is 189 g/mol. The first kappa shape index (κ1) is 17.4. The summed E-state index contributed by atoms with van der Waals surface area (Å²) in [4.78, 5) is 19.3. The first-order valence-electron chi connectivity index (χ1n) is 2.08. The fourth-order valence-electron chi connectivity index (χ4n) is 0.248. The molecule has 0 aromatic heterocycles. The quantitative estimate of drug-likeness (QED) is 0.292. The number of rotatable bonds is 0. The maximum Gasteiger partial charge on any atom is 1.00 e. The molecule has 58 valence electrons. The second kappa shape index (κ2) is 13.0. The third kappa shape index (κ3) is 25.2. The molecule has 0 saturated carbocycles. The van der Waals surface area contributed by atoms with Crippen LogP contribution < -0.4 is 39.8 Å². The zero-order valence-electron chi connectivity index (χ0n) is 5.91. The Hall–Kier alpha value is 0.350. The fraction of sp³-hybridized carbons (Fsp3) is 0. The molecule has 0 fully saturated rings. The molecule has 6 nitrogen and oxygen atoms in total. The van der Waals surface area contributed by atoms with Crippen molar-refractivity contribution in [2.24, 2.45) is 4.99 Å². The summed E-state index contributed by atoms with van der Waals surface area (Å²) in [5.41, 5.74) is 0. The topological polar surface area (TPSA) is 119 Å². The van der Waals surface area contributed by atoms with Crippen LogP contribution in [0.5, 0.6) is 0 Å². The van der Waals surface area contributed by atoms with Crippen LogP contribution in [0, 0.1) is 0 Å². The average Bonchev–Trinajstić information content (AvgIpc) is 2.11. The summed E-state index contributed by atoms with van der Waals surface area (Å²) in [5.74, 6) is 0. The van der Waals surface area contributed by atoms with Gasteiger partial charge in [-0.2, -0.15) is 4.89 Å². The van der Waals surface area contributed by atoms with Crippen molar-refractivity contribution in [1.29, 1.82) is 0 Å². The van der Waals surface area contributed by atoms with E-state index in [0.717, 1.165) is 0 Å². The zero-order chi connectivity index (χ0) is 7.11. The van der Waals surface area contributed by atoms with Crippen LogP contribution in [0.3, 0.4) is 0 Å². The van der Waals surface area contributed by atoms with Crippen molar-refractivity contribution in [2.45, 2.75) is 0 Å². The summed E-state index contributed by atoms with van der Waals surface area (Å²) < 4.78 is 8.59. The van der Waals surface area contributed by atoms with Gasteiger partial charge >= 0.3 is 37.8 Å². The minimum absolute atomic E-state index is 0. The molecular formula is C3H7N2NaO4P+. The predicted octanol–water partition coefficient (Wildman–Crippen LogP) is -5.11. The predicted molar refractivity (Wildman–Crippen MR) is 31.3 cm³/mol. The van der Waals surface area contributed by atoms with Crippen LogP contribution in [-0.2, 0) is 4.57 Å². The van der Waals surface area contributed by atoms with Gasteiger partial charge < -0.3 is 10.4 Å². The molecule has 1 heterocycles. The monoisotopic (exact) mass is 189 g/mol. The molecule has 0 radical (unpaired) electrons. The van der Waals surface area contributed by atoms with E-state index in [1.54, 1.807) is 12.5 Å². The number of quaternary nitrogens is 1. The van der Waals surface area contributed by atoms with E-state index < -0.39 is 8.25 Å². The van der Waals surface area contributed by atoms with Gasteiger partial charge in [-0.3, -0.25) is 5.32 Å². The van der Waals surface area contributed by atoms with E-state index in [1.165, 1.54) is 0 Å². The molecule has 0 aromatic carbocycles. The van der Waals surface area contributed by atoms with Crippen molar-refractivity contribution >= 4 is 14.6 Å². The molecule has 1 aliphatic heterocycles. The summed E-state index contributed by atoms with van der Waals surface area (Å²) >= 11 is 0. The molecule has 4 N–H and O–H groups in total. The zero-order valence-corrected chi connectivity index (χ0v) is 8.81. The van der Waals surface area contributed by atoms with Gasteiger partial charge in [0.05, 0.1) is 6.20 Å². The normalized spacial score (nSPS) is 12.0. The van der Waals surface area contributed by atoms with Gasteiger partial charge in [-0.15, -0.1) is 0 Å². The molecular weight excluding hydrogens is 182 g/mol. The van der Waals surface area contributed by atoms with E-state index >= 15 is 0 Å². The van der Waals surface area contributed by atoms with Gasteiger partial charge in [0.15, 0.2) is 6.34 Å². The smallest absolute Gasteiger partial charge is 0.870 e. The number of nitrogens with zero attached hydrogens (tertiary/aromatic N) is 1. The first-order chi connectivity index (χ1) is 4.23. The van der Waals surface area contributed by atoms with Crippen molar-refractivity contribution in [3.05, 3.63) is 12.4 Å². The number of nitrogens with two attached hydrogens (primary N) is 1. The van der Waals surface area contributed by atoms with Crippen molar-refractivity contribution in [3.8, 4) is 0 Å². The molecule has 0 spiro atoms. The van der Waals surface area contributed by atoms with Crippen molar-refractivity contribution < 1.29 is 54.7 Å². The molecule has 1 atom stereocenters. The Morgan fingerprint density at radius 2 is 2.09 bits per heavy atom. The maximum atomic E-state index is 8.59. The maximum absolute atomic E-state index is 8.59. The molecule has 11 heavy (non-hydrogen) atoms. The second-order valence-corrected chi connectivity index (χ2v) is 1.55. The standard InChI is InChI=1S/C3H4N2.Na.HO3P.H2O/c1-2-5-3-4-1;;1-4(2)3;/h1-3H,(H,4,5);;(H,1,2,3);1H2/q;+1;;. The van der Waals surface area contributed by atoms with E-state index in [-0.39, 0.29) is 35.0 Å². The van der Waals surface area contributed by atoms with Gasteiger partial charge in [-0.25, -0.2) is 4.99 Å². The van der Waals surface area contributed by atoms with Crippen molar-refractivity contribution in [3.63, 3.8) is 0 Å². The molecule has 1 rings (SSSR count). The van der Waals surface area contributed by atoms with Crippen LogP contribution in [0.2, 0.25) is 0 Å². The molecule has 0 saturated heterocycles. The summed E-state index contributed by atoms with van der Waals surface area (Å²) in [5, 5.41) is 1.89. The number of hydrogen-bond donors (Lipinski definition) is 2. The van der Waals surface area contributed by atoms with Crippen LogP contribution >= 0.6 is 8.25 Å². The Labute approximate surface area is 86.6 Å². The Bertz CT molecular complexity index is 136. The van der Waals surface area contributed by atoms with Crippen LogP contribution in [0.25, 0.3) is 0 Å². The van der Waals surface area contributed by atoms with E-state index in [0.29, 0.717) is 0 Å².